The molecule has 0 saturated heterocycles. The van der Waals surface area contributed by atoms with Gasteiger partial charge in [-0.1, -0.05) is 0 Å². The van der Waals surface area contributed by atoms with Crippen LogP contribution in [0.5, 0.6) is 0 Å². The number of carboxylic acid groups (broad SMARTS) is 1. The van der Waals surface area contributed by atoms with E-state index in [1.165, 1.54) is 11.3 Å². The summed E-state index contributed by atoms with van der Waals surface area (Å²) in [7, 11) is 0. The fourth-order valence-electron chi connectivity index (χ4n) is 1.73. The van der Waals surface area contributed by atoms with E-state index in [0.29, 0.717) is 24.3 Å². The number of rotatable bonds is 7. The van der Waals surface area contributed by atoms with E-state index in [0.717, 1.165) is 13.5 Å². The molecule has 21 heavy (non-hydrogen) atoms. The quantitative estimate of drug-likeness (QED) is 0.698. The Bertz CT molecular complexity index is 636. The fraction of sp³-hybridized carbons (Fsp3) is 0.286. The molecule has 1 amide bonds. The lowest BCUT2D eigenvalue weighted by Crippen LogP contribution is -2.23. The van der Waals surface area contributed by atoms with Gasteiger partial charge in [0.1, 0.15) is 0 Å². The zero-order valence-corrected chi connectivity index (χ0v) is 14.3. The molecule has 0 aromatic carbocycles. The summed E-state index contributed by atoms with van der Waals surface area (Å²) in [5.41, 5.74) is 0. The molecule has 112 valence electrons. The summed E-state index contributed by atoms with van der Waals surface area (Å²) in [5.74, 6) is -0.900. The molecule has 0 unspecified atom stereocenters. The average Bonchev–Trinajstić information content (AvgIpc) is 3.06. The number of aliphatic carboxylic acids is 1. The third kappa shape index (κ3) is 4.94. The van der Waals surface area contributed by atoms with E-state index < -0.39 is 5.97 Å². The minimum Gasteiger partial charge on any atom is -0.481 e. The van der Waals surface area contributed by atoms with Crippen molar-refractivity contribution in [1.29, 1.82) is 0 Å². The molecule has 2 heterocycles. The molecule has 0 aliphatic heterocycles. The Hall–Kier alpha value is -1.18. The van der Waals surface area contributed by atoms with Crippen molar-refractivity contribution in [1.82, 2.24) is 5.32 Å². The van der Waals surface area contributed by atoms with E-state index in [1.807, 2.05) is 24.3 Å². The Morgan fingerprint density at radius 2 is 1.81 bits per heavy atom. The summed E-state index contributed by atoms with van der Waals surface area (Å²) in [4.78, 5) is 25.2. The van der Waals surface area contributed by atoms with Gasteiger partial charge in [0, 0.05) is 22.7 Å². The van der Waals surface area contributed by atoms with Crippen molar-refractivity contribution >= 4 is 50.5 Å². The second kappa shape index (κ2) is 7.72. The van der Waals surface area contributed by atoms with Gasteiger partial charge in [-0.15, -0.1) is 22.7 Å². The highest BCUT2D eigenvalue weighted by molar-refractivity contribution is 9.11. The number of hydrogen-bond donors (Lipinski definition) is 2. The molecule has 4 nitrogen and oxygen atoms in total. The van der Waals surface area contributed by atoms with E-state index in [1.54, 1.807) is 11.3 Å². The summed E-state index contributed by atoms with van der Waals surface area (Å²) in [6.07, 6.45) is 1.40. The highest BCUT2D eigenvalue weighted by Crippen LogP contribution is 2.35. The van der Waals surface area contributed by atoms with Gasteiger partial charge < -0.3 is 10.4 Å². The van der Waals surface area contributed by atoms with E-state index in [2.05, 4.69) is 21.2 Å². The minimum atomic E-state index is -0.800. The smallest absolute Gasteiger partial charge is 0.303 e. The predicted molar refractivity (Wildman–Crippen MR) is 89.2 cm³/mol. The number of halogens is 1. The normalized spacial score (nSPS) is 10.5. The summed E-state index contributed by atoms with van der Waals surface area (Å²) < 4.78 is 1.07. The first-order valence-electron chi connectivity index (χ1n) is 6.42. The molecule has 2 aromatic heterocycles. The van der Waals surface area contributed by atoms with Gasteiger partial charge in [0.25, 0.3) is 5.91 Å². The number of hydrogen-bond acceptors (Lipinski definition) is 4. The zero-order valence-electron chi connectivity index (χ0n) is 11.1. The maximum Gasteiger partial charge on any atom is 0.303 e. The molecule has 2 N–H and O–H groups in total. The number of thiophene rings is 2. The second-order valence-electron chi connectivity index (χ2n) is 4.37. The number of amides is 1. The largest absolute Gasteiger partial charge is 0.481 e. The van der Waals surface area contributed by atoms with Crippen molar-refractivity contribution in [3.63, 3.8) is 0 Å². The van der Waals surface area contributed by atoms with Crippen LogP contribution in [0.4, 0.5) is 0 Å². The Labute approximate surface area is 138 Å². The SMILES string of the molecule is O=C(O)CCCCNC(=O)c1ccc(-c2ccc(Br)s2)s1. The zero-order chi connectivity index (χ0) is 15.2. The van der Waals surface area contributed by atoms with Crippen LogP contribution in [-0.4, -0.2) is 23.5 Å². The first-order chi connectivity index (χ1) is 10.1. The first kappa shape index (κ1) is 16.2. The average molecular weight is 388 g/mol. The van der Waals surface area contributed by atoms with Crippen LogP contribution in [0.25, 0.3) is 9.75 Å². The van der Waals surface area contributed by atoms with Crippen LogP contribution in [0.3, 0.4) is 0 Å². The lowest BCUT2D eigenvalue weighted by atomic mass is 10.2. The summed E-state index contributed by atoms with van der Waals surface area (Å²) in [6, 6.07) is 7.78. The molecule has 0 aliphatic rings. The van der Waals surface area contributed by atoms with Gasteiger partial charge in [0.15, 0.2) is 0 Å². The molecule has 2 aromatic rings. The van der Waals surface area contributed by atoms with Gasteiger partial charge in [-0.2, -0.15) is 0 Å². The maximum atomic E-state index is 12.0. The van der Waals surface area contributed by atoms with Gasteiger partial charge in [0.2, 0.25) is 0 Å². The Kier molecular flexibility index (Phi) is 5.96. The highest BCUT2D eigenvalue weighted by Gasteiger charge is 2.11. The summed E-state index contributed by atoms with van der Waals surface area (Å²) >= 11 is 6.52. The van der Waals surface area contributed by atoms with Crippen LogP contribution in [0.15, 0.2) is 28.1 Å². The number of carbonyl (C=O) groups excluding carboxylic acids is 1. The van der Waals surface area contributed by atoms with Crippen LogP contribution in [0, 0.1) is 0 Å². The molecule has 0 bridgehead atoms. The molecule has 0 radical (unpaired) electrons. The molecule has 7 heteroatoms. The Morgan fingerprint density at radius 1 is 1.10 bits per heavy atom. The fourth-order valence-corrected chi connectivity index (χ4v) is 4.13. The molecule has 0 fully saturated rings. The monoisotopic (exact) mass is 387 g/mol. The van der Waals surface area contributed by atoms with Crippen LogP contribution >= 0.6 is 38.6 Å². The second-order valence-corrected chi connectivity index (χ2v) is 7.92. The lowest BCUT2D eigenvalue weighted by molar-refractivity contribution is -0.137. The standard InChI is InChI=1S/C14H14BrNO3S2/c15-12-7-6-10(21-12)9-4-5-11(20-9)14(19)16-8-2-1-3-13(17)18/h4-7H,1-3,8H2,(H,16,19)(H,17,18). The van der Waals surface area contributed by atoms with E-state index in [4.69, 9.17) is 5.11 Å². The van der Waals surface area contributed by atoms with Crippen molar-refractivity contribution in [3.05, 3.63) is 32.9 Å². The molecular formula is C14H14BrNO3S2. The van der Waals surface area contributed by atoms with Gasteiger partial charge in [-0.05, 0) is 53.0 Å². The van der Waals surface area contributed by atoms with Crippen molar-refractivity contribution in [3.8, 4) is 9.75 Å². The third-order valence-electron chi connectivity index (χ3n) is 2.75. The molecule has 0 atom stereocenters. The van der Waals surface area contributed by atoms with Crippen LogP contribution in [0.1, 0.15) is 28.9 Å². The number of unbranched alkanes of at least 4 members (excludes halogenated alkanes) is 1. The number of carboxylic acids is 1. The lowest BCUT2D eigenvalue weighted by Gasteiger charge is -2.02. The predicted octanol–water partition coefficient (Wildman–Crippen LogP) is 4.22. The molecular weight excluding hydrogens is 374 g/mol. The van der Waals surface area contributed by atoms with Gasteiger partial charge in [0.05, 0.1) is 8.66 Å². The van der Waals surface area contributed by atoms with E-state index >= 15 is 0 Å². The number of carbonyl (C=O) groups is 2. The van der Waals surface area contributed by atoms with E-state index in [-0.39, 0.29) is 12.3 Å². The minimum absolute atomic E-state index is 0.0998. The third-order valence-corrected chi connectivity index (χ3v) is 5.65. The molecule has 0 aliphatic carbocycles. The Balaban J connectivity index is 1.83. The highest BCUT2D eigenvalue weighted by atomic mass is 79.9. The topological polar surface area (TPSA) is 66.4 Å². The number of nitrogens with one attached hydrogen (secondary N) is 1. The van der Waals surface area contributed by atoms with Crippen LogP contribution in [0.2, 0.25) is 0 Å². The molecule has 0 spiro atoms. The van der Waals surface area contributed by atoms with E-state index in [9.17, 15) is 9.59 Å². The van der Waals surface area contributed by atoms with Crippen molar-refractivity contribution in [2.75, 3.05) is 6.54 Å². The van der Waals surface area contributed by atoms with Crippen molar-refractivity contribution in [2.45, 2.75) is 19.3 Å². The van der Waals surface area contributed by atoms with Gasteiger partial charge in [-0.3, -0.25) is 9.59 Å². The van der Waals surface area contributed by atoms with Crippen LogP contribution in [-0.2, 0) is 4.79 Å². The molecule has 0 saturated carbocycles. The van der Waals surface area contributed by atoms with Gasteiger partial charge >= 0.3 is 5.97 Å². The van der Waals surface area contributed by atoms with Crippen molar-refractivity contribution < 1.29 is 14.7 Å². The molecule has 2 rings (SSSR count). The maximum absolute atomic E-state index is 12.0. The van der Waals surface area contributed by atoms with Crippen molar-refractivity contribution in [2.24, 2.45) is 0 Å². The summed E-state index contributed by atoms with van der Waals surface area (Å²) in [6.45, 7) is 0.504. The Morgan fingerprint density at radius 3 is 2.48 bits per heavy atom. The van der Waals surface area contributed by atoms with Gasteiger partial charge in [-0.25, -0.2) is 0 Å². The first-order valence-corrected chi connectivity index (χ1v) is 8.84. The summed E-state index contributed by atoms with van der Waals surface area (Å²) in [5, 5.41) is 11.3. The van der Waals surface area contributed by atoms with Crippen LogP contribution < -0.4 is 5.32 Å².